The molecule has 166 valence electrons. The number of likely N-dealkylation sites (N-methyl/N-ethyl adjacent to an activating group) is 2. The van der Waals surface area contributed by atoms with Gasteiger partial charge < -0.3 is 19.9 Å². The Morgan fingerprint density at radius 2 is 1.87 bits per heavy atom. The fourth-order valence-electron chi connectivity index (χ4n) is 4.35. The van der Waals surface area contributed by atoms with Gasteiger partial charge in [-0.3, -0.25) is 9.69 Å². The first kappa shape index (κ1) is 21.6. The normalized spacial score (nSPS) is 18.0. The van der Waals surface area contributed by atoms with Crippen LogP contribution in [-0.4, -0.2) is 75.7 Å². The van der Waals surface area contributed by atoms with Gasteiger partial charge in [0, 0.05) is 52.0 Å². The van der Waals surface area contributed by atoms with Crippen LogP contribution in [0.3, 0.4) is 0 Å². The molecule has 0 bridgehead atoms. The lowest BCUT2D eigenvalue weighted by atomic mass is 10.00. The number of amides is 1. The van der Waals surface area contributed by atoms with Crippen LogP contribution in [-0.2, 0) is 11.2 Å². The van der Waals surface area contributed by atoms with Crippen molar-refractivity contribution in [2.24, 2.45) is 0 Å². The van der Waals surface area contributed by atoms with Crippen LogP contribution in [0.4, 0.5) is 10.1 Å². The fraction of sp³-hybridized carbons (Fsp3) is 0.458. The summed E-state index contributed by atoms with van der Waals surface area (Å²) in [4.78, 5) is 19.5. The second-order valence-corrected chi connectivity index (χ2v) is 8.44. The number of piperazine rings is 1. The highest BCUT2D eigenvalue weighted by molar-refractivity contribution is 5.77. The van der Waals surface area contributed by atoms with E-state index in [1.54, 1.807) is 12.1 Å². The number of rotatable bonds is 7. The van der Waals surface area contributed by atoms with Gasteiger partial charge in [0.1, 0.15) is 0 Å². The van der Waals surface area contributed by atoms with Crippen molar-refractivity contribution in [3.8, 4) is 5.75 Å². The molecule has 0 aromatic heterocycles. The van der Waals surface area contributed by atoms with E-state index in [1.165, 1.54) is 28.9 Å². The molecule has 0 unspecified atom stereocenters. The van der Waals surface area contributed by atoms with E-state index in [0.29, 0.717) is 6.54 Å². The van der Waals surface area contributed by atoms with Crippen molar-refractivity contribution in [2.75, 3.05) is 64.9 Å². The molecule has 1 atom stereocenters. The number of anilines is 1. The number of ether oxygens (including phenoxy) is 1. The lowest BCUT2D eigenvalue weighted by Crippen LogP contribution is -2.48. The van der Waals surface area contributed by atoms with Crippen LogP contribution < -0.4 is 15.0 Å². The minimum Gasteiger partial charge on any atom is -0.481 e. The van der Waals surface area contributed by atoms with Crippen LogP contribution in [0.2, 0.25) is 0 Å². The van der Waals surface area contributed by atoms with Gasteiger partial charge in [-0.05, 0) is 42.8 Å². The average Bonchev–Trinajstić information content (AvgIpc) is 3.15. The van der Waals surface area contributed by atoms with Gasteiger partial charge in [-0.1, -0.05) is 24.3 Å². The summed E-state index contributed by atoms with van der Waals surface area (Å²) in [7, 11) is 4.26. The standard InChI is InChI=1S/C24H31FN4O2/c1-27-11-13-29(14-12-27)22(18-7-8-21-19(15-18)9-10-28(21)2)16-26-24(30)17-31-23-6-4-3-5-20(23)25/h3-8,15,22H,9-14,16-17H2,1-2H3,(H,26,30)/t22-/m1/s1. The number of carbonyl (C=O) groups is 1. The fourth-order valence-corrected chi connectivity index (χ4v) is 4.35. The second-order valence-electron chi connectivity index (χ2n) is 8.44. The topological polar surface area (TPSA) is 48.1 Å². The molecule has 1 amide bonds. The van der Waals surface area contributed by atoms with Crippen molar-refractivity contribution in [3.05, 3.63) is 59.4 Å². The maximum absolute atomic E-state index is 13.7. The van der Waals surface area contributed by atoms with Gasteiger partial charge in [0.25, 0.3) is 5.91 Å². The number of nitrogens with one attached hydrogen (secondary N) is 1. The van der Waals surface area contributed by atoms with E-state index < -0.39 is 5.82 Å². The number of carbonyl (C=O) groups excluding carboxylic acids is 1. The molecule has 0 radical (unpaired) electrons. The van der Waals surface area contributed by atoms with Gasteiger partial charge in [-0.15, -0.1) is 0 Å². The minimum atomic E-state index is -0.464. The Balaban J connectivity index is 1.42. The zero-order valence-electron chi connectivity index (χ0n) is 18.3. The molecule has 31 heavy (non-hydrogen) atoms. The zero-order chi connectivity index (χ0) is 21.8. The van der Waals surface area contributed by atoms with E-state index in [-0.39, 0.29) is 24.3 Å². The molecule has 0 spiro atoms. The third kappa shape index (κ3) is 5.17. The molecule has 0 aliphatic carbocycles. The highest BCUT2D eigenvalue weighted by Crippen LogP contribution is 2.31. The van der Waals surface area contributed by atoms with Gasteiger partial charge in [0.15, 0.2) is 18.2 Å². The first-order valence-corrected chi connectivity index (χ1v) is 10.9. The van der Waals surface area contributed by atoms with Gasteiger partial charge in [0.05, 0.1) is 6.04 Å². The Bertz CT molecular complexity index is 914. The second kappa shape index (κ2) is 9.66. The Hall–Kier alpha value is -2.64. The molecule has 2 aliphatic heterocycles. The summed E-state index contributed by atoms with van der Waals surface area (Å²) in [5.74, 6) is -0.618. The Morgan fingerprint density at radius 1 is 1.10 bits per heavy atom. The maximum atomic E-state index is 13.7. The summed E-state index contributed by atoms with van der Waals surface area (Å²) in [5, 5.41) is 3.00. The van der Waals surface area contributed by atoms with Crippen molar-refractivity contribution in [1.29, 1.82) is 0 Å². The quantitative estimate of drug-likeness (QED) is 0.736. The summed E-state index contributed by atoms with van der Waals surface area (Å²) < 4.78 is 19.1. The molecule has 2 heterocycles. The largest absolute Gasteiger partial charge is 0.481 e. The molecule has 2 aromatic rings. The van der Waals surface area contributed by atoms with Crippen LogP contribution >= 0.6 is 0 Å². The maximum Gasteiger partial charge on any atom is 0.258 e. The molecular formula is C24H31FN4O2. The van der Waals surface area contributed by atoms with Crippen LogP contribution in [0.25, 0.3) is 0 Å². The molecule has 1 N–H and O–H groups in total. The van der Waals surface area contributed by atoms with E-state index in [9.17, 15) is 9.18 Å². The Kier molecular flexibility index (Phi) is 6.73. The summed E-state index contributed by atoms with van der Waals surface area (Å²) in [6.07, 6.45) is 1.05. The van der Waals surface area contributed by atoms with Crippen LogP contribution in [0.15, 0.2) is 42.5 Å². The highest BCUT2D eigenvalue weighted by Gasteiger charge is 2.26. The predicted octanol–water partition coefficient (Wildman–Crippen LogP) is 2.30. The monoisotopic (exact) mass is 426 g/mol. The van der Waals surface area contributed by atoms with Gasteiger partial charge in [0.2, 0.25) is 0 Å². The predicted molar refractivity (Wildman–Crippen MR) is 120 cm³/mol. The summed E-state index contributed by atoms with van der Waals surface area (Å²) in [6, 6.07) is 12.9. The van der Waals surface area contributed by atoms with Crippen molar-refractivity contribution in [3.63, 3.8) is 0 Å². The highest BCUT2D eigenvalue weighted by atomic mass is 19.1. The molecule has 4 rings (SSSR count). The van der Waals surface area contributed by atoms with Crippen LogP contribution in [0, 0.1) is 5.82 Å². The Labute approximate surface area is 183 Å². The van der Waals surface area contributed by atoms with E-state index in [0.717, 1.165) is 39.1 Å². The van der Waals surface area contributed by atoms with Crippen molar-refractivity contribution >= 4 is 11.6 Å². The van der Waals surface area contributed by atoms with Crippen molar-refractivity contribution < 1.29 is 13.9 Å². The SMILES string of the molecule is CN1CCN([C@H](CNC(=O)COc2ccccc2F)c2ccc3c(c2)CCN3C)CC1. The number of fused-ring (bicyclic) bond motifs is 1. The van der Waals surface area contributed by atoms with Gasteiger partial charge >= 0.3 is 0 Å². The first-order chi connectivity index (χ1) is 15.0. The van der Waals surface area contributed by atoms with Crippen molar-refractivity contribution in [1.82, 2.24) is 15.1 Å². The van der Waals surface area contributed by atoms with E-state index >= 15 is 0 Å². The lowest BCUT2D eigenvalue weighted by Gasteiger charge is -2.38. The van der Waals surface area contributed by atoms with Gasteiger partial charge in [-0.25, -0.2) is 4.39 Å². The number of hydrogen-bond donors (Lipinski definition) is 1. The van der Waals surface area contributed by atoms with E-state index in [4.69, 9.17) is 4.74 Å². The molecule has 6 nitrogen and oxygen atoms in total. The number of halogens is 1. The summed E-state index contributed by atoms with van der Waals surface area (Å²) in [5.41, 5.74) is 3.89. The average molecular weight is 427 g/mol. The molecule has 1 saturated heterocycles. The molecule has 2 aliphatic rings. The first-order valence-electron chi connectivity index (χ1n) is 10.9. The molecule has 7 heteroatoms. The van der Waals surface area contributed by atoms with Gasteiger partial charge in [-0.2, -0.15) is 0 Å². The number of hydrogen-bond acceptors (Lipinski definition) is 5. The summed E-state index contributed by atoms with van der Waals surface area (Å²) >= 11 is 0. The molecule has 2 aromatic carbocycles. The zero-order valence-corrected chi connectivity index (χ0v) is 18.3. The van der Waals surface area contributed by atoms with E-state index in [2.05, 4.69) is 52.3 Å². The minimum absolute atomic E-state index is 0.0935. The molecule has 1 fully saturated rings. The molecule has 0 saturated carbocycles. The number of nitrogens with zero attached hydrogens (tertiary/aromatic N) is 3. The lowest BCUT2D eigenvalue weighted by molar-refractivity contribution is -0.123. The third-order valence-corrected chi connectivity index (χ3v) is 6.28. The number of para-hydroxylation sites is 1. The van der Waals surface area contributed by atoms with Crippen molar-refractivity contribution in [2.45, 2.75) is 12.5 Å². The third-order valence-electron chi connectivity index (χ3n) is 6.28. The van der Waals surface area contributed by atoms with E-state index in [1.807, 2.05) is 0 Å². The molecular weight excluding hydrogens is 395 g/mol. The van der Waals surface area contributed by atoms with Crippen LogP contribution in [0.1, 0.15) is 17.2 Å². The number of benzene rings is 2. The Morgan fingerprint density at radius 3 is 2.65 bits per heavy atom. The van der Waals surface area contributed by atoms with Crippen LogP contribution in [0.5, 0.6) is 5.75 Å². The smallest absolute Gasteiger partial charge is 0.258 e. The summed E-state index contributed by atoms with van der Waals surface area (Å²) in [6.45, 7) is 5.27.